The topological polar surface area (TPSA) is 75.5 Å². The molecule has 0 N–H and O–H groups in total. The predicted octanol–water partition coefficient (Wildman–Crippen LogP) is 6.55. The third-order valence-electron chi connectivity index (χ3n) is 4.73. The van der Waals surface area contributed by atoms with Crippen LogP contribution in [0.25, 0.3) is 0 Å². The highest BCUT2D eigenvalue weighted by Gasteiger charge is 2.14. The molecule has 1 heterocycles. The summed E-state index contributed by atoms with van der Waals surface area (Å²) < 4.78 is 0. The highest BCUT2D eigenvalue weighted by Crippen LogP contribution is 2.36. The highest BCUT2D eigenvalue weighted by atomic mass is 32.1. The summed E-state index contributed by atoms with van der Waals surface area (Å²) in [6, 6.07) is 20.7. The quantitative estimate of drug-likeness (QED) is 0.441. The Morgan fingerprint density at radius 1 is 1.00 bits per heavy atom. The maximum Gasteiger partial charge on any atom is 0.158 e. The molecule has 0 amide bonds. The Kier molecular flexibility index (Phi) is 6.39. The molecule has 0 unspecified atom stereocenters. The summed E-state index contributed by atoms with van der Waals surface area (Å²) in [7, 11) is 0. The minimum atomic E-state index is 0.421. The fourth-order valence-corrected chi connectivity index (χ4v) is 3.92. The fraction of sp³-hybridized carbons (Fsp3) is 0.217. The molecule has 0 spiro atoms. The summed E-state index contributed by atoms with van der Waals surface area (Å²) in [6.45, 7) is 7.64. The molecule has 0 aliphatic carbocycles. The van der Waals surface area contributed by atoms with Gasteiger partial charge in [0.1, 0.15) is 17.0 Å². The van der Waals surface area contributed by atoms with Crippen molar-refractivity contribution in [3.63, 3.8) is 0 Å². The van der Waals surface area contributed by atoms with Gasteiger partial charge in [0.15, 0.2) is 5.00 Å². The van der Waals surface area contributed by atoms with E-state index in [9.17, 15) is 5.26 Å². The molecule has 3 rings (SSSR count). The summed E-state index contributed by atoms with van der Waals surface area (Å²) in [5.41, 5.74) is 5.23. The number of anilines is 1. The molecule has 0 bridgehead atoms. The van der Waals surface area contributed by atoms with E-state index < -0.39 is 0 Å². The second kappa shape index (κ2) is 9.14. The molecule has 6 heteroatoms. The molecule has 0 atom stereocenters. The maximum atomic E-state index is 9.35. The van der Waals surface area contributed by atoms with Crippen molar-refractivity contribution in [1.82, 2.24) is 0 Å². The number of azo groups is 1. The Morgan fingerprint density at radius 3 is 2.38 bits per heavy atom. The molecular weight excluding hydrogens is 378 g/mol. The van der Waals surface area contributed by atoms with Crippen LogP contribution in [0.3, 0.4) is 0 Å². The molecule has 0 saturated carbocycles. The molecular formula is C23H21N5S. The van der Waals surface area contributed by atoms with Gasteiger partial charge in [-0.2, -0.15) is 10.5 Å². The average Bonchev–Trinajstić information content (AvgIpc) is 3.06. The number of rotatable bonds is 6. The van der Waals surface area contributed by atoms with Gasteiger partial charge in [0.25, 0.3) is 0 Å². The Labute approximate surface area is 175 Å². The zero-order chi connectivity index (χ0) is 20.8. The van der Waals surface area contributed by atoms with Crippen LogP contribution in [0.4, 0.5) is 16.4 Å². The van der Waals surface area contributed by atoms with E-state index in [4.69, 9.17) is 5.26 Å². The number of hydrogen-bond donors (Lipinski definition) is 0. The summed E-state index contributed by atoms with van der Waals surface area (Å²) in [5.74, 6) is 0. The predicted molar refractivity (Wildman–Crippen MR) is 117 cm³/mol. The second-order valence-electron chi connectivity index (χ2n) is 6.63. The molecule has 29 heavy (non-hydrogen) atoms. The van der Waals surface area contributed by atoms with Crippen LogP contribution in [0.5, 0.6) is 0 Å². The monoisotopic (exact) mass is 399 g/mol. The molecule has 3 aromatic rings. The lowest BCUT2D eigenvalue weighted by atomic mass is 10.1. The van der Waals surface area contributed by atoms with Crippen molar-refractivity contribution in [2.75, 3.05) is 11.4 Å². The molecule has 1 aromatic heterocycles. The summed E-state index contributed by atoms with van der Waals surface area (Å²) in [4.78, 5) is 2.81. The first-order valence-electron chi connectivity index (χ1n) is 9.32. The molecule has 0 fully saturated rings. The first-order chi connectivity index (χ1) is 14.1. The van der Waals surface area contributed by atoms with E-state index in [0.29, 0.717) is 21.0 Å². The first-order valence-corrected chi connectivity index (χ1v) is 10.1. The molecule has 2 aromatic carbocycles. The van der Waals surface area contributed by atoms with Gasteiger partial charge in [-0.15, -0.1) is 21.6 Å². The van der Waals surface area contributed by atoms with Crippen molar-refractivity contribution >= 4 is 27.7 Å². The zero-order valence-electron chi connectivity index (χ0n) is 16.7. The van der Waals surface area contributed by atoms with Gasteiger partial charge in [0.05, 0.1) is 11.3 Å². The van der Waals surface area contributed by atoms with Gasteiger partial charge < -0.3 is 4.90 Å². The van der Waals surface area contributed by atoms with Crippen LogP contribution in [-0.2, 0) is 6.54 Å². The van der Waals surface area contributed by atoms with E-state index in [0.717, 1.165) is 30.0 Å². The van der Waals surface area contributed by atoms with E-state index in [1.807, 2.05) is 25.1 Å². The van der Waals surface area contributed by atoms with E-state index in [1.165, 1.54) is 16.9 Å². The largest absolute Gasteiger partial charge is 0.367 e. The lowest BCUT2D eigenvalue weighted by Crippen LogP contribution is -2.21. The van der Waals surface area contributed by atoms with Crippen LogP contribution in [-0.4, -0.2) is 6.54 Å². The van der Waals surface area contributed by atoms with Crippen molar-refractivity contribution in [3.05, 3.63) is 75.7 Å². The minimum Gasteiger partial charge on any atom is -0.367 e. The number of thiophene rings is 1. The third kappa shape index (κ3) is 4.51. The maximum absolute atomic E-state index is 9.35. The van der Waals surface area contributed by atoms with Gasteiger partial charge in [-0.05, 0) is 55.7 Å². The van der Waals surface area contributed by atoms with Crippen LogP contribution in [0, 0.1) is 36.5 Å². The van der Waals surface area contributed by atoms with Gasteiger partial charge in [0, 0.05) is 18.8 Å². The number of benzene rings is 2. The van der Waals surface area contributed by atoms with E-state index in [-0.39, 0.29) is 0 Å². The van der Waals surface area contributed by atoms with Crippen LogP contribution in [0.1, 0.15) is 34.1 Å². The minimum absolute atomic E-state index is 0.421. The number of hydrogen-bond acceptors (Lipinski definition) is 6. The molecule has 144 valence electrons. The van der Waals surface area contributed by atoms with Crippen LogP contribution < -0.4 is 4.90 Å². The number of nitriles is 2. The van der Waals surface area contributed by atoms with Gasteiger partial charge in [-0.3, -0.25) is 0 Å². The van der Waals surface area contributed by atoms with Gasteiger partial charge >= 0.3 is 0 Å². The van der Waals surface area contributed by atoms with Crippen molar-refractivity contribution in [1.29, 1.82) is 10.5 Å². The molecule has 0 radical (unpaired) electrons. The summed E-state index contributed by atoms with van der Waals surface area (Å²) in [5, 5.41) is 27.6. The molecule has 0 aliphatic heterocycles. The fourth-order valence-electron chi connectivity index (χ4n) is 3.04. The Hall–Kier alpha value is -3.48. The van der Waals surface area contributed by atoms with E-state index in [1.54, 1.807) is 6.92 Å². The zero-order valence-corrected chi connectivity index (χ0v) is 17.5. The van der Waals surface area contributed by atoms with Gasteiger partial charge in [-0.1, -0.05) is 30.3 Å². The Bertz CT molecular complexity index is 1120. The molecule has 0 saturated heterocycles. The Morgan fingerprint density at radius 2 is 1.76 bits per heavy atom. The average molecular weight is 400 g/mol. The molecule has 0 aliphatic rings. The van der Waals surface area contributed by atoms with Crippen molar-refractivity contribution in [3.8, 4) is 12.1 Å². The van der Waals surface area contributed by atoms with Crippen LogP contribution in [0.15, 0.2) is 58.8 Å². The second-order valence-corrected chi connectivity index (χ2v) is 7.63. The number of nitrogens with zero attached hydrogens (tertiary/aromatic N) is 5. The lowest BCUT2D eigenvalue weighted by molar-refractivity contribution is 0.831. The smallest absolute Gasteiger partial charge is 0.158 e. The van der Waals surface area contributed by atoms with Gasteiger partial charge in [0.2, 0.25) is 0 Å². The summed E-state index contributed by atoms with van der Waals surface area (Å²) in [6.07, 6.45) is 0. The standard InChI is InChI=1S/C23H21N5S/c1-4-28(15-18-8-6-5-7-9-18)19-10-11-21(16(2)12-19)26-27-23-20(13-24)17(3)22(14-25)29-23/h5-12H,4,15H2,1-3H3. The normalized spacial score (nSPS) is 10.7. The van der Waals surface area contributed by atoms with Crippen molar-refractivity contribution in [2.45, 2.75) is 27.3 Å². The van der Waals surface area contributed by atoms with E-state index in [2.05, 4.69) is 64.5 Å². The summed E-state index contributed by atoms with van der Waals surface area (Å²) >= 11 is 1.20. The van der Waals surface area contributed by atoms with Crippen LogP contribution in [0.2, 0.25) is 0 Å². The highest BCUT2D eigenvalue weighted by molar-refractivity contribution is 7.16. The lowest BCUT2D eigenvalue weighted by Gasteiger charge is -2.24. The van der Waals surface area contributed by atoms with Crippen molar-refractivity contribution in [2.24, 2.45) is 10.2 Å². The van der Waals surface area contributed by atoms with Crippen molar-refractivity contribution < 1.29 is 0 Å². The third-order valence-corrected chi connectivity index (χ3v) is 5.81. The van der Waals surface area contributed by atoms with Crippen LogP contribution >= 0.6 is 11.3 Å². The van der Waals surface area contributed by atoms with Gasteiger partial charge in [-0.25, -0.2) is 0 Å². The molecule has 5 nitrogen and oxygen atoms in total. The van der Waals surface area contributed by atoms with E-state index >= 15 is 0 Å². The Balaban J connectivity index is 1.84. The SMILES string of the molecule is CCN(Cc1ccccc1)c1ccc(N=Nc2sc(C#N)c(C)c2C#N)c(C)c1. The first kappa shape index (κ1) is 20.3. The number of aryl methyl sites for hydroxylation is 1.